The van der Waals surface area contributed by atoms with Gasteiger partial charge in [0.05, 0.1) is 26.8 Å². The summed E-state index contributed by atoms with van der Waals surface area (Å²) < 4.78 is 23.7. The Hall–Kier alpha value is -3.24. The van der Waals surface area contributed by atoms with E-state index in [1.54, 1.807) is 6.92 Å². The normalized spacial score (nSPS) is 11.8. The third-order valence-corrected chi connectivity index (χ3v) is 4.14. The second-order valence-corrected chi connectivity index (χ2v) is 6.13. The molecule has 1 heterocycles. The predicted molar refractivity (Wildman–Crippen MR) is 99.1 cm³/mol. The molecular formula is C19H21FN2O7. The quantitative estimate of drug-likeness (QED) is 0.452. The molecular weight excluding hydrogens is 387 g/mol. The number of esters is 1. The van der Waals surface area contributed by atoms with E-state index in [9.17, 15) is 29.0 Å². The van der Waals surface area contributed by atoms with Crippen LogP contribution < -0.4 is 15.5 Å². The van der Waals surface area contributed by atoms with E-state index in [1.165, 1.54) is 24.3 Å². The molecule has 0 spiro atoms. The molecule has 0 saturated heterocycles. The van der Waals surface area contributed by atoms with E-state index in [-0.39, 0.29) is 11.3 Å². The number of hydrogen-bond donors (Lipinski definition) is 3. The maximum absolute atomic E-state index is 13.1. The third kappa shape index (κ3) is 4.98. The number of rotatable bonds is 7. The molecule has 0 aliphatic rings. The third-order valence-electron chi connectivity index (χ3n) is 4.14. The summed E-state index contributed by atoms with van der Waals surface area (Å²) in [7, 11) is 2.21. The number of nitrogens with one attached hydrogen (secondary N) is 1. The van der Waals surface area contributed by atoms with Crippen molar-refractivity contribution in [2.45, 2.75) is 25.8 Å². The molecule has 156 valence electrons. The Balaban J connectivity index is 2.48. The number of hydrogen-bond acceptors (Lipinski definition) is 7. The first-order valence-electron chi connectivity index (χ1n) is 8.51. The Kier molecular flexibility index (Phi) is 7.08. The molecule has 9 nitrogen and oxygen atoms in total. The molecule has 0 radical (unpaired) electrons. The number of benzene rings is 1. The molecule has 10 heteroatoms. The van der Waals surface area contributed by atoms with E-state index >= 15 is 0 Å². The first kappa shape index (κ1) is 22.1. The average Bonchev–Trinajstić information content (AvgIpc) is 2.68. The van der Waals surface area contributed by atoms with Crippen molar-refractivity contribution in [3.8, 4) is 5.75 Å². The number of amides is 1. The van der Waals surface area contributed by atoms with Gasteiger partial charge in [-0.2, -0.15) is 0 Å². The lowest BCUT2D eigenvalue weighted by atomic mass is 10.1. The van der Waals surface area contributed by atoms with Crippen molar-refractivity contribution in [3.05, 3.63) is 63.3 Å². The van der Waals surface area contributed by atoms with Gasteiger partial charge in [-0.15, -0.1) is 0 Å². The summed E-state index contributed by atoms with van der Waals surface area (Å²) in [4.78, 5) is 37.4. The molecule has 3 N–H and O–H groups in total. The summed E-state index contributed by atoms with van der Waals surface area (Å²) in [5.74, 6) is -2.64. The highest BCUT2D eigenvalue weighted by Gasteiger charge is 2.27. The Bertz CT molecular complexity index is 954. The van der Waals surface area contributed by atoms with Crippen LogP contribution in [-0.2, 0) is 11.3 Å². The second kappa shape index (κ2) is 9.30. The van der Waals surface area contributed by atoms with Gasteiger partial charge < -0.3 is 29.6 Å². The van der Waals surface area contributed by atoms with Crippen molar-refractivity contribution in [1.82, 2.24) is 9.88 Å². The SMILES string of the molecule is COC(=O)c1c(OC)c(=O)c(C(=O)N[C@@H](C)c2ccc(F)cc2)cn1CC(O)O. The molecule has 2 rings (SSSR count). The van der Waals surface area contributed by atoms with Gasteiger partial charge in [0, 0.05) is 6.20 Å². The van der Waals surface area contributed by atoms with Gasteiger partial charge in [0.2, 0.25) is 5.43 Å². The molecule has 1 atom stereocenters. The van der Waals surface area contributed by atoms with E-state index in [0.29, 0.717) is 5.56 Å². The topological polar surface area (TPSA) is 127 Å². The number of halogens is 1. The van der Waals surface area contributed by atoms with Crippen LogP contribution in [0.1, 0.15) is 39.4 Å². The van der Waals surface area contributed by atoms with Crippen molar-refractivity contribution in [1.29, 1.82) is 0 Å². The average molecular weight is 408 g/mol. The Morgan fingerprint density at radius 3 is 2.34 bits per heavy atom. The van der Waals surface area contributed by atoms with Crippen LogP contribution in [0.2, 0.25) is 0 Å². The smallest absolute Gasteiger partial charge is 0.358 e. The number of carbonyl (C=O) groups excluding carboxylic acids is 2. The number of ether oxygens (including phenoxy) is 2. The van der Waals surface area contributed by atoms with Gasteiger partial charge >= 0.3 is 5.97 Å². The van der Waals surface area contributed by atoms with E-state index in [4.69, 9.17) is 4.74 Å². The zero-order valence-electron chi connectivity index (χ0n) is 16.0. The second-order valence-electron chi connectivity index (χ2n) is 6.13. The first-order valence-corrected chi connectivity index (χ1v) is 8.51. The standard InChI is InChI=1S/C19H21FN2O7/c1-10(11-4-6-12(20)7-5-11)21-18(26)13-8-22(9-14(23)24)15(19(27)29-3)17(28-2)16(13)25/h4-8,10,14,23-24H,9H2,1-3H3,(H,21,26)/t10-/m0/s1. The summed E-state index contributed by atoms with van der Waals surface area (Å²) in [5.41, 5.74) is -1.02. The lowest BCUT2D eigenvalue weighted by Crippen LogP contribution is -2.34. The van der Waals surface area contributed by atoms with E-state index in [2.05, 4.69) is 10.1 Å². The van der Waals surface area contributed by atoms with E-state index in [0.717, 1.165) is 25.0 Å². The molecule has 0 aliphatic carbocycles. The largest absolute Gasteiger partial charge is 0.491 e. The van der Waals surface area contributed by atoms with Crippen LogP contribution in [0, 0.1) is 5.82 Å². The molecule has 0 fully saturated rings. The molecule has 0 unspecified atom stereocenters. The molecule has 0 bridgehead atoms. The zero-order valence-corrected chi connectivity index (χ0v) is 16.0. The van der Waals surface area contributed by atoms with Gasteiger partial charge in [-0.05, 0) is 24.6 Å². The van der Waals surface area contributed by atoms with Gasteiger partial charge in [-0.25, -0.2) is 9.18 Å². The summed E-state index contributed by atoms with van der Waals surface area (Å²) in [6.45, 7) is 1.12. The van der Waals surface area contributed by atoms with Crippen LogP contribution >= 0.6 is 0 Å². The fraction of sp³-hybridized carbons (Fsp3) is 0.316. The molecule has 2 aromatic rings. The maximum Gasteiger partial charge on any atom is 0.358 e. The molecule has 1 aromatic carbocycles. The highest BCUT2D eigenvalue weighted by Crippen LogP contribution is 2.18. The molecule has 29 heavy (non-hydrogen) atoms. The fourth-order valence-electron chi connectivity index (χ4n) is 2.73. The van der Waals surface area contributed by atoms with Crippen LogP contribution in [0.3, 0.4) is 0 Å². The minimum absolute atomic E-state index is 0.365. The number of aliphatic hydroxyl groups excluding tert-OH is 1. The Morgan fingerprint density at radius 1 is 1.21 bits per heavy atom. The van der Waals surface area contributed by atoms with Crippen molar-refractivity contribution in [3.63, 3.8) is 0 Å². The van der Waals surface area contributed by atoms with Gasteiger partial charge in [-0.1, -0.05) is 12.1 Å². The number of methoxy groups -OCH3 is 2. The summed E-state index contributed by atoms with van der Waals surface area (Å²) in [6, 6.07) is 4.89. The highest BCUT2D eigenvalue weighted by atomic mass is 19.1. The minimum Gasteiger partial charge on any atom is -0.491 e. The number of carbonyl (C=O) groups is 2. The van der Waals surface area contributed by atoms with Crippen LogP contribution in [-0.4, -0.2) is 47.2 Å². The molecule has 1 amide bonds. The molecule has 0 aliphatic heterocycles. The lowest BCUT2D eigenvalue weighted by molar-refractivity contribution is -0.0519. The fourth-order valence-corrected chi connectivity index (χ4v) is 2.73. The van der Waals surface area contributed by atoms with E-state index < -0.39 is 47.7 Å². The van der Waals surface area contributed by atoms with Crippen LogP contribution in [0.15, 0.2) is 35.3 Å². The minimum atomic E-state index is -1.88. The maximum atomic E-state index is 13.1. The zero-order chi connectivity index (χ0) is 21.7. The predicted octanol–water partition coefficient (Wildman–Crippen LogP) is 0.584. The number of aliphatic hydroxyl groups is 2. The van der Waals surface area contributed by atoms with Crippen molar-refractivity contribution in [2.24, 2.45) is 0 Å². The Labute approximate surface area is 165 Å². The van der Waals surface area contributed by atoms with Crippen molar-refractivity contribution < 1.29 is 33.7 Å². The van der Waals surface area contributed by atoms with Gasteiger partial charge in [0.25, 0.3) is 5.91 Å². The summed E-state index contributed by atoms with van der Waals surface area (Å²) in [6.07, 6.45) is -0.858. The molecule has 0 saturated carbocycles. The van der Waals surface area contributed by atoms with Crippen molar-refractivity contribution in [2.75, 3.05) is 14.2 Å². The van der Waals surface area contributed by atoms with Crippen LogP contribution in [0.4, 0.5) is 4.39 Å². The van der Waals surface area contributed by atoms with Crippen LogP contribution in [0.5, 0.6) is 5.75 Å². The van der Waals surface area contributed by atoms with Gasteiger partial charge in [0.15, 0.2) is 17.7 Å². The highest BCUT2D eigenvalue weighted by molar-refractivity contribution is 5.97. The van der Waals surface area contributed by atoms with Gasteiger partial charge in [0.1, 0.15) is 11.4 Å². The molecule has 1 aromatic heterocycles. The van der Waals surface area contributed by atoms with Crippen molar-refractivity contribution >= 4 is 11.9 Å². The number of pyridine rings is 1. The lowest BCUT2D eigenvalue weighted by Gasteiger charge is -2.19. The van der Waals surface area contributed by atoms with Crippen LogP contribution in [0.25, 0.3) is 0 Å². The van der Waals surface area contributed by atoms with E-state index in [1.807, 2.05) is 0 Å². The number of nitrogens with zero attached hydrogens (tertiary/aromatic N) is 1. The van der Waals surface area contributed by atoms with Gasteiger partial charge in [-0.3, -0.25) is 9.59 Å². The number of aromatic nitrogens is 1. The monoisotopic (exact) mass is 408 g/mol. The summed E-state index contributed by atoms with van der Waals surface area (Å²) >= 11 is 0. The summed E-state index contributed by atoms with van der Waals surface area (Å²) in [5, 5.41) is 21.2. The Morgan fingerprint density at radius 2 is 1.83 bits per heavy atom. The first-order chi connectivity index (χ1) is 13.7.